The van der Waals surface area contributed by atoms with Crippen molar-refractivity contribution in [3.63, 3.8) is 0 Å². The molecule has 0 saturated carbocycles. The third-order valence-corrected chi connectivity index (χ3v) is 3.32. The van der Waals surface area contributed by atoms with E-state index in [-0.39, 0.29) is 5.91 Å². The van der Waals surface area contributed by atoms with E-state index < -0.39 is 0 Å². The quantitative estimate of drug-likeness (QED) is 0.781. The smallest absolute Gasteiger partial charge is 0.253 e. The number of benzene rings is 1. The number of hydrogen-bond acceptors (Lipinski definition) is 3. The molecule has 1 aliphatic heterocycles. The van der Waals surface area contributed by atoms with Crippen LogP contribution in [0.15, 0.2) is 18.2 Å². The summed E-state index contributed by atoms with van der Waals surface area (Å²) in [6.07, 6.45) is 0.886. The van der Waals surface area contributed by atoms with Crippen LogP contribution in [0.5, 0.6) is 0 Å². The van der Waals surface area contributed by atoms with Gasteiger partial charge in [0.15, 0.2) is 0 Å². The summed E-state index contributed by atoms with van der Waals surface area (Å²) in [5.74, 6) is 5.89. The monoisotopic (exact) mass is 272 g/mol. The molecule has 1 saturated heterocycles. The first-order chi connectivity index (χ1) is 9.72. The van der Waals surface area contributed by atoms with Gasteiger partial charge in [-0.2, -0.15) is 0 Å². The summed E-state index contributed by atoms with van der Waals surface area (Å²) in [7, 11) is 0. The zero-order chi connectivity index (χ0) is 14.4. The van der Waals surface area contributed by atoms with E-state index in [1.807, 2.05) is 30.0 Å². The second-order valence-electron chi connectivity index (χ2n) is 4.79. The lowest BCUT2D eigenvalue weighted by Gasteiger charge is -2.19. The molecule has 0 bridgehead atoms. The Kier molecular flexibility index (Phi) is 5.16. The number of ether oxygens (including phenoxy) is 1. The fourth-order valence-corrected chi connectivity index (χ4v) is 2.17. The van der Waals surface area contributed by atoms with E-state index in [0.29, 0.717) is 25.3 Å². The van der Waals surface area contributed by atoms with E-state index >= 15 is 0 Å². The Hall–Kier alpha value is -1.83. The minimum Gasteiger partial charge on any atom is -0.380 e. The van der Waals surface area contributed by atoms with Crippen molar-refractivity contribution in [3.05, 3.63) is 34.9 Å². The highest BCUT2D eigenvalue weighted by atomic mass is 16.5. The number of amides is 1. The maximum absolute atomic E-state index is 12.5. The van der Waals surface area contributed by atoms with E-state index in [9.17, 15) is 4.79 Å². The van der Waals surface area contributed by atoms with E-state index in [2.05, 4.69) is 11.8 Å². The lowest BCUT2D eigenvalue weighted by molar-refractivity contribution is 0.0741. The van der Waals surface area contributed by atoms with Gasteiger partial charge in [-0.25, -0.2) is 0 Å². The molecule has 4 nitrogen and oxygen atoms in total. The molecule has 1 aromatic carbocycles. The van der Waals surface area contributed by atoms with Gasteiger partial charge in [-0.15, -0.1) is 0 Å². The average Bonchev–Trinajstić information content (AvgIpc) is 2.75. The third kappa shape index (κ3) is 3.60. The molecule has 0 aliphatic carbocycles. The Morgan fingerprint density at radius 1 is 1.40 bits per heavy atom. The second-order valence-corrected chi connectivity index (χ2v) is 4.79. The predicted octanol–water partition coefficient (Wildman–Crippen LogP) is 1.17. The highest BCUT2D eigenvalue weighted by Crippen LogP contribution is 2.13. The molecule has 1 aromatic rings. The third-order valence-electron chi connectivity index (χ3n) is 3.32. The molecular formula is C16H20N2O2. The molecular weight excluding hydrogens is 252 g/mol. The van der Waals surface area contributed by atoms with E-state index in [4.69, 9.17) is 10.5 Å². The summed E-state index contributed by atoms with van der Waals surface area (Å²) in [6.45, 7) is 5.03. The first kappa shape index (κ1) is 14.6. The molecule has 0 unspecified atom stereocenters. The zero-order valence-electron chi connectivity index (χ0n) is 11.8. The Morgan fingerprint density at radius 2 is 2.25 bits per heavy atom. The number of nitrogens with zero attached hydrogens (tertiary/aromatic N) is 1. The van der Waals surface area contributed by atoms with Gasteiger partial charge in [0.25, 0.3) is 5.91 Å². The first-order valence-electron chi connectivity index (χ1n) is 6.89. The Labute approximate surface area is 119 Å². The molecule has 0 radical (unpaired) electrons. The van der Waals surface area contributed by atoms with Gasteiger partial charge in [0.1, 0.15) is 0 Å². The Bertz CT molecular complexity index is 535. The summed E-state index contributed by atoms with van der Waals surface area (Å²) >= 11 is 0. The van der Waals surface area contributed by atoms with Gasteiger partial charge in [-0.05, 0) is 31.0 Å². The van der Waals surface area contributed by atoms with Crippen LogP contribution in [0, 0.1) is 18.8 Å². The summed E-state index contributed by atoms with van der Waals surface area (Å²) in [4.78, 5) is 14.3. The maximum Gasteiger partial charge on any atom is 0.253 e. The van der Waals surface area contributed by atoms with Crippen LogP contribution in [0.3, 0.4) is 0 Å². The SMILES string of the molecule is Cc1ccc(C(=O)N2CCCOCC2)cc1C#CCN. The highest BCUT2D eigenvalue weighted by molar-refractivity contribution is 5.94. The fraction of sp³-hybridized carbons (Fsp3) is 0.438. The molecule has 0 atom stereocenters. The molecule has 2 rings (SSSR count). The lowest BCUT2D eigenvalue weighted by Crippen LogP contribution is -2.33. The molecule has 1 heterocycles. The van der Waals surface area contributed by atoms with Gasteiger partial charge >= 0.3 is 0 Å². The van der Waals surface area contributed by atoms with Crippen molar-refractivity contribution >= 4 is 5.91 Å². The van der Waals surface area contributed by atoms with Gasteiger partial charge in [0.05, 0.1) is 13.2 Å². The number of aryl methyl sites for hydroxylation is 1. The Balaban J connectivity index is 2.21. The van der Waals surface area contributed by atoms with Crippen molar-refractivity contribution < 1.29 is 9.53 Å². The number of nitrogens with two attached hydrogens (primary N) is 1. The molecule has 1 aliphatic rings. The summed E-state index contributed by atoms with van der Waals surface area (Å²) < 4.78 is 5.38. The molecule has 1 fully saturated rings. The van der Waals surface area contributed by atoms with E-state index in [1.54, 1.807) is 0 Å². The standard InChI is InChI=1S/C16H20N2O2/c1-13-5-6-15(12-14(13)4-2-7-17)16(19)18-8-3-10-20-11-9-18/h5-6,12H,3,7-11,17H2,1H3. The molecule has 0 aromatic heterocycles. The molecule has 1 amide bonds. The molecule has 4 heteroatoms. The van der Waals surface area contributed by atoms with E-state index in [0.717, 1.165) is 30.7 Å². The minimum atomic E-state index is 0.0475. The predicted molar refractivity (Wildman–Crippen MR) is 78.5 cm³/mol. The lowest BCUT2D eigenvalue weighted by atomic mass is 10.0. The molecule has 106 valence electrons. The highest BCUT2D eigenvalue weighted by Gasteiger charge is 2.17. The van der Waals surface area contributed by atoms with Crippen LogP contribution in [-0.4, -0.2) is 43.7 Å². The molecule has 2 N–H and O–H groups in total. The summed E-state index contributed by atoms with van der Waals surface area (Å²) in [5, 5.41) is 0. The van der Waals surface area contributed by atoms with Crippen LogP contribution in [0.25, 0.3) is 0 Å². The normalized spacial score (nSPS) is 15.2. The Morgan fingerprint density at radius 3 is 3.05 bits per heavy atom. The van der Waals surface area contributed by atoms with Gasteiger partial charge in [0.2, 0.25) is 0 Å². The van der Waals surface area contributed by atoms with Gasteiger partial charge in [-0.1, -0.05) is 17.9 Å². The number of carbonyl (C=O) groups is 1. The van der Waals surface area contributed by atoms with Crippen molar-refractivity contribution in [1.82, 2.24) is 4.90 Å². The van der Waals surface area contributed by atoms with Crippen LogP contribution in [-0.2, 0) is 4.74 Å². The van der Waals surface area contributed by atoms with Gasteiger partial charge < -0.3 is 15.4 Å². The number of carbonyl (C=O) groups excluding carboxylic acids is 1. The molecule has 0 spiro atoms. The van der Waals surface area contributed by atoms with Gasteiger partial charge in [0, 0.05) is 30.8 Å². The molecule has 20 heavy (non-hydrogen) atoms. The van der Waals surface area contributed by atoms with E-state index in [1.165, 1.54) is 0 Å². The zero-order valence-corrected chi connectivity index (χ0v) is 11.8. The maximum atomic E-state index is 12.5. The average molecular weight is 272 g/mol. The van der Waals surface area contributed by atoms with Crippen LogP contribution in [0.2, 0.25) is 0 Å². The number of rotatable bonds is 1. The largest absolute Gasteiger partial charge is 0.380 e. The van der Waals surface area contributed by atoms with Crippen molar-refractivity contribution in [2.24, 2.45) is 5.73 Å². The second kappa shape index (κ2) is 7.09. The summed E-state index contributed by atoms with van der Waals surface area (Å²) in [5.41, 5.74) is 8.00. The summed E-state index contributed by atoms with van der Waals surface area (Å²) in [6, 6.07) is 5.64. The topological polar surface area (TPSA) is 55.6 Å². The number of hydrogen-bond donors (Lipinski definition) is 1. The van der Waals surface area contributed by atoms with Crippen molar-refractivity contribution in [2.75, 3.05) is 32.8 Å². The van der Waals surface area contributed by atoms with Crippen molar-refractivity contribution in [3.8, 4) is 11.8 Å². The van der Waals surface area contributed by atoms with Gasteiger partial charge in [-0.3, -0.25) is 4.79 Å². The first-order valence-corrected chi connectivity index (χ1v) is 6.89. The van der Waals surface area contributed by atoms with Crippen LogP contribution >= 0.6 is 0 Å². The minimum absolute atomic E-state index is 0.0475. The van der Waals surface area contributed by atoms with Crippen LogP contribution in [0.4, 0.5) is 0 Å². The fourth-order valence-electron chi connectivity index (χ4n) is 2.17. The van der Waals surface area contributed by atoms with Crippen LogP contribution < -0.4 is 5.73 Å². The van der Waals surface area contributed by atoms with Crippen LogP contribution in [0.1, 0.15) is 27.9 Å². The van der Waals surface area contributed by atoms with Crippen molar-refractivity contribution in [1.29, 1.82) is 0 Å². The van der Waals surface area contributed by atoms with Crippen molar-refractivity contribution in [2.45, 2.75) is 13.3 Å².